The SMILES string of the molecule is [2H]c1c([2H])c([2H])c(-c2cc3c4c(c2)N(C2C(C5CC=CCC5)=CCCC2C2=CCCCC2)c2cc5c(cc2B4c2cc4c6cccc7c8ccccc8n(c4cc2N3C2C(C3CC=CCC3)=CCCC2C2=CCCCC2)c76)c2cccc3c4ccccc4n5c32)c([2H])c1[2H]. The van der Waals surface area contributed by atoms with E-state index >= 15 is 0 Å². The van der Waals surface area contributed by atoms with E-state index in [9.17, 15) is 5.48 Å². The van der Waals surface area contributed by atoms with Gasteiger partial charge in [0.15, 0.2) is 0 Å². The van der Waals surface area contributed by atoms with E-state index in [4.69, 9.17) is 1.37 Å². The lowest BCUT2D eigenvalue weighted by atomic mass is 9.33. The Morgan fingerprint density at radius 3 is 1.35 bits per heavy atom. The predicted molar refractivity (Wildman–Crippen MR) is 378 cm³/mol. The second kappa shape index (κ2) is 20.0. The van der Waals surface area contributed by atoms with E-state index in [0.717, 1.165) is 101 Å². The Bertz CT molecular complexity index is 5120. The number of hydrogen-bond donors (Lipinski definition) is 0. The Morgan fingerprint density at radius 1 is 0.393 bits per heavy atom. The third kappa shape index (κ3) is 7.42. The third-order valence-electron chi connectivity index (χ3n) is 23.4. The largest absolute Gasteiger partial charge is 0.334 e. The van der Waals surface area contributed by atoms with Crippen LogP contribution in [0.4, 0.5) is 22.7 Å². The summed E-state index contributed by atoms with van der Waals surface area (Å²) in [5, 5.41) is 10.1. The van der Waals surface area contributed by atoms with Gasteiger partial charge in [0.2, 0.25) is 0 Å². The summed E-state index contributed by atoms with van der Waals surface area (Å²) < 4.78 is 53.1. The molecule has 6 heterocycles. The van der Waals surface area contributed by atoms with Crippen LogP contribution in [0.2, 0.25) is 0 Å². The maximum atomic E-state index is 10.0. The molecule has 4 nitrogen and oxygen atoms in total. The fourth-order valence-corrected chi connectivity index (χ4v) is 19.8. The summed E-state index contributed by atoms with van der Waals surface area (Å²) in [7, 11) is 0. The number of benzene rings is 8. The summed E-state index contributed by atoms with van der Waals surface area (Å²) >= 11 is 0. The monoisotopic (exact) mass is 1160 g/mol. The van der Waals surface area contributed by atoms with Gasteiger partial charge in [-0.3, -0.25) is 0 Å². The van der Waals surface area contributed by atoms with E-state index in [1.807, 2.05) is 0 Å². The summed E-state index contributed by atoms with van der Waals surface area (Å²) in [5.41, 5.74) is 23.1. The first-order valence-corrected chi connectivity index (χ1v) is 34.1. The average molecular weight is 1160 g/mol. The molecule has 434 valence electrons. The molecule has 4 aromatic heterocycles. The smallest absolute Gasteiger partial charge is 0.252 e. The number of para-hydroxylation sites is 4. The molecule has 20 rings (SSSR count). The molecule has 0 bridgehead atoms. The van der Waals surface area contributed by atoms with Crippen LogP contribution < -0.4 is 26.2 Å². The number of fused-ring (bicyclic) bond motifs is 16. The van der Waals surface area contributed by atoms with Crippen molar-refractivity contribution in [2.24, 2.45) is 23.7 Å². The topological polar surface area (TPSA) is 15.3 Å². The molecule has 89 heavy (non-hydrogen) atoms. The lowest BCUT2D eigenvalue weighted by molar-refractivity contribution is 0.391. The van der Waals surface area contributed by atoms with E-state index in [0.29, 0.717) is 17.4 Å². The highest BCUT2D eigenvalue weighted by Crippen LogP contribution is 2.55. The standard InChI is InChI=1S/C84H75BN4/c1-6-24-52(25-7-1)57-46-78-80-79(47-57)89(82-60(55-30-12-4-13-31-55)38-21-39-61(82)56-32-14-5-15-33-56)77-51-75-69(67-43-23-41-65-63-35-17-19-45-73(63)87(75)84(65)67)49-71(77)85(80)70-48-68-66-42-22-40-64-62-34-16-18-44-72(62)86(83(64)66)74(68)50-76(70)88(78)81-58(53-26-8-2-9-27-53)36-20-37-59(81)54-28-10-3-11-29-54/h1-2,4,6-8,12,16-19,22-25,28,32,34-36,38,40-51,53,55,59,61,81-82H,3,5,9-11,13-15,20-21,26-27,29-31,33,37,39H2/i1D,6D,7D,24D,25D. The van der Waals surface area contributed by atoms with Gasteiger partial charge in [-0.05, 0) is 202 Å². The first-order valence-electron chi connectivity index (χ1n) is 36.6. The molecule has 0 saturated carbocycles. The van der Waals surface area contributed by atoms with Gasteiger partial charge < -0.3 is 18.6 Å². The van der Waals surface area contributed by atoms with E-state index < -0.39 is 0 Å². The van der Waals surface area contributed by atoms with E-state index in [2.05, 4.69) is 189 Å². The van der Waals surface area contributed by atoms with Crippen LogP contribution in [0.5, 0.6) is 0 Å². The lowest BCUT2D eigenvalue weighted by Crippen LogP contribution is -2.65. The maximum Gasteiger partial charge on any atom is 0.252 e. The molecule has 0 spiro atoms. The summed E-state index contributed by atoms with van der Waals surface area (Å²) in [4.78, 5) is 5.72. The van der Waals surface area contributed by atoms with Crippen LogP contribution >= 0.6 is 0 Å². The van der Waals surface area contributed by atoms with E-state index in [1.165, 1.54) is 141 Å². The van der Waals surface area contributed by atoms with Crippen molar-refractivity contribution in [1.29, 1.82) is 0 Å². The summed E-state index contributed by atoms with van der Waals surface area (Å²) in [6.45, 7) is -0.249. The van der Waals surface area contributed by atoms with Gasteiger partial charge in [-0.25, -0.2) is 0 Å². The minimum absolute atomic E-state index is 0.0529. The summed E-state index contributed by atoms with van der Waals surface area (Å²) in [6.07, 6.45) is 40.0. The molecule has 6 unspecified atom stereocenters. The van der Waals surface area contributed by atoms with Crippen LogP contribution in [0.1, 0.15) is 122 Å². The van der Waals surface area contributed by atoms with Gasteiger partial charge in [0.1, 0.15) is 0 Å². The number of hydrogen-bond acceptors (Lipinski definition) is 2. The predicted octanol–water partition coefficient (Wildman–Crippen LogP) is 20.2. The number of rotatable bonds is 7. The van der Waals surface area contributed by atoms with Gasteiger partial charge in [0.25, 0.3) is 6.71 Å². The van der Waals surface area contributed by atoms with E-state index in [1.54, 1.807) is 11.1 Å². The second-order valence-electron chi connectivity index (χ2n) is 27.7. The minimum atomic E-state index is -0.364. The van der Waals surface area contributed by atoms with Crippen LogP contribution in [0.25, 0.3) is 87.3 Å². The highest BCUT2D eigenvalue weighted by Gasteiger charge is 2.51. The molecular weight excluding hydrogens is 1080 g/mol. The first-order chi connectivity index (χ1) is 46.3. The van der Waals surface area contributed by atoms with Crippen molar-refractivity contribution in [3.63, 3.8) is 0 Å². The van der Waals surface area contributed by atoms with Crippen LogP contribution in [0.3, 0.4) is 0 Å². The molecule has 0 N–H and O–H groups in total. The van der Waals surface area contributed by atoms with Crippen LogP contribution in [-0.4, -0.2) is 27.6 Å². The molecule has 8 aliphatic rings. The molecule has 0 amide bonds. The van der Waals surface area contributed by atoms with Crippen molar-refractivity contribution >= 4 is 122 Å². The Hall–Kier alpha value is -8.54. The van der Waals surface area contributed by atoms with Crippen molar-refractivity contribution < 1.29 is 6.85 Å². The summed E-state index contributed by atoms with van der Waals surface area (Å²) in [6, 6.07) is 45.7. The molecule has 0 radical (unpaired) electrons. The Morgan fingerprint density at radius 2 is 0.876 bits per heavy atom. The zero-order chi connectivity index (χ0) is 62.4. The molecule has 0 fully saturated rings. The zero-order valence-corrected chi connectivity index (χ0v) is 50.7. The molecule has 2 aliphatic heterocycles. The van der Waals surface area contributed by atoms with Gasteiger partial charge in [-0.15, -0.1) is 0 Å². The number of aromatic nitrogens is 2. The highest BCUT2D eigenvalue weighted by molar-refractivity contribution is 7.00. The number of allylic oxidation sites excluding steroid dienone is 8. The maximum absolute atomic E-state index is 10.0. The van der Waals surface area contributed by atoms with Gasteiger partial charge in [-0.2, -0.15) is 0 Å². The van der Waals surface area contributed by atoms with Crippen molar-refractivity contribution in [2.75, 3.05) is 9.80 Å². The fraction of sp³-hybridized carbons (Fsp3) is 0.286. The van der Waals surface area contributed by atoms with Gasteiger partial charge in [0.05, 0.1) is 52.0 Å². The number of anilines is 4. The summed E-state index contributed by atoms with van der Waals surface area (Å²) in [5.74, 6) is 1.18. The van der Waals surface area contributed by atoms with Crippen molar-refractivity contribution in [3.8, 4) is 11.1 Å². The minimum Gasteiger partial charge on any atom is -0.334 e. The van der Waals surface area contributed by atoms with Crippen LogP contribution in [0, 0.1) is 23.7 Å². The first kappa shape index (κ1) is 46.6. The molecule has 0 saturated heterocycles. The van der Waals surface area contributed by atoms with E-state index in [-0.39, 0.29) is 66.4 Å². The Balaban J connectivity index is 0.980. The molecular formula is C84H75BN4. The molecule has 8 aromatic carbocycles. The molecule has 6 aliphatic carbocycles. The van der Waals surface area contributed by atoms with Crippen LogP contribution in [0.15, 0.2) is 222 Å². The Kier molecular flexibility index (Phi) is 10.5. The highest BCUT2D eigenvalue weighted by atomic mass is 15.2. The second-order valence-corrected chi connectivity index (χ2v) is 27.7. The number of nitrogens with zero attached hydrogens (tertiary/aromatic N) is 4. The van der Waals surface area contributed by atoms with Gasteiger partial charge >= 0.3 is 0 Å². The van der Waals surface area contributed by atoms with Crippen molar-refractivity contribution in [3.05, 3.63) is 222 Å². The normalized spacial score (nSPS) is 24.5. The lowest BCUT2D eigenvalue weighted by Gasteiger charge is -2.53. The fourth-order valence-electron chi connectivity index (χ4n) is 19.8. The Labute approximate surface area is 529 Å². The quantitative estimate of drug-likeness (QED) is 0.117. The molecule has 6 atom stereocenters. The zero-order valence-electron chi connectivity index (χ0n) is 55.7. The van der Waals surface area contributed by atoms with Gasteiger partial charge in [0, 0.05) is 77.7 Å². The van der Waals surface area contributed by atoms with Crippen molar-refractivity contribution in [2.45, 2.75) is 128 Å². The molecule has 5 heteroatoms. The molecule has 12 aromatic rings. The third-order valence-corrected chi connectivity index (χ3v) is 23.4. The average Bonchev–Trinajstić information content (AvgIpc) is 1.16. The van der Waals surface area contributed by atoms with Gasteiger partial charge in [-0.1, -0.05) is 175 Å². The van der Waals surface area contributed by atoms with Crippen molar-refractivity contribution in [1.82, 2.24) is 8.80 Å². The van der Waals surface area contributed by atoms with Crippen LogP contribution in [-0.2, 0) is 0 Å².